The van der Waals surface area contributed by atoms with E-state index in [0.717, 1.165) is 24.3 Å². The number of rotatable bonds is 4. The first-order valence-electron chi connectivity index (χ1n) is 8.64. The molecule has 0 saturated carbocycles. The summed E-state index contributed by atoms with van der Waals surface area (Å²) in [6.45, 7) is 5.96. The SMILES string of the molecule is CC(C)(NC(=O)Nc1ccc(N2CCCC2)cc1)c1ccc(F)cc1. The molecule has 0 bridgehead atoms. The van der Waals surface area contributed by atoms with Crippen LogP contribution in [0.25, 0.3) is 0 Å². The van der Waals surface area contributed by atoms with Crippen LogP contribution in [0.2, 0.25) is 0 Å². The third-order valence-electron chi connectivity index (χ3n) is 4.59. The molecule has 1 saturated heterocycles. The van der Waals surface area contributed by atoms with E-state index in [1.807, 2.05) is 38.1 Å². The fourth-order valence-electron chi connectivity index (χ4n) is 3.12. The second kappa shape index (κ2) is 7.13. The molecule has 1 heterocycles. The molecular weight excluding hydrogens is 317 g/mol. The molecule has 0 aliphatic carbocycles. The van der Waals surface area contributed by atoms with Crippen molar-refractivity contribution in [2.75, 3.05) is 23.3 Å². The normalized spacial score (nSPS) is 14.4. The fraction of sp³-hybridized carbons (Fsp3) is 0.350. The van der Waals surface area contributed by atoms with Gasteiger partial charge in [0.2, 0.25) is 0 Å². The molecule has 0 aromatic heterocycles. The second-order valence-electron chi connectivity index (χ2n) is 6.95. The van der Waals surface area contributed by atoms with Crippen molar-refractivity contribution in [2.45, 2.75) is 32.2 Å². The molecule has 0 atom stereocenters. The van der Waals surface area contributed by atoms with Crippen molar-refractivity contribution >= 4 is 17.4 Å². The van der Waals surface area contributed by atoms with E-state index in [1.54, 1.807) is 12.1 Å². The highest BCUT2D eigenvalue weighted by atomic mass is 19.1. The Kier molecular flexibility index (Phi) is 4.93. The Morgan fingerprint density at radius 3 is 2.20 bits per heavy atom. The summed E-state index contributed by atoms with van der Waals surface area (Å²) in [6.07, 6.45) is 2.47. The lowest BCUT2D eigenvalue weighted by molar-refractivity contribution is 0.242. The molecule has 0 radical (unpaired) electrons. The molecule has 0 spiro atoms. The van der Waals surface area contributed by atoms with Crippen molar-refractivity contribution in [1.29, 1.82) is 0 Å². The lowest BCUT2D eigenvalue weighted by Gasteiger charge is -2.27. The Bertz CT molecular complexity index is 720. The number of nitrogens with zero attached hydrogens (tertiary/aromatic N) is 1. The van der Waals surface area contributed by atoms with Gasteiger partial charge in [0, 0.05) is 24.5 Å². The number of hydrogen-bond acceptors (Lipinski definition) is 2. The number of carbonyl (C=O) groups is 1. The van der Waals surface area contributed by atoms with Crippen LogP contribution < -0.4 is 15.5 Å². The molecule has 4 nitrogen and oxygen atoms in total. The van der Waals surface area contributed by atoms with E-state index in [4.69, 9.17) is 0 Å². The molecular formula is C20H24FN3O. The first-order valence-corrected chi connectivity index (χ1v) is 8.64. The van der Waals surface area contributed by atoms with Crippen molar-refractivity contribution in [1.82, 2.24) is 5.32 Å². The van der Waals surface area contributed by atoms with Crippen LogP contribution in [-0.4, -0.2) is 19.1 Å². The quantitative estimate of drug-likeness (QED) is 0.861. The van der Waals surface area contributed by atoms with Crippen molar-refractivity contribution in [2.24, 2.45) is 0 Å². The van der Waals surface area contributed by atoms with Crippen molar-refractivity contribution in [3.8, 4) is 0 Å². The maximum atomic E-state index is 13.1. The smallest absolute Gasteiger partial charge is 0.319 e. The van der Waals surface area contributed by atoms with Gasteiger partial charge >= 0.3 is 6.03 Å². The topological polar surface area (TPSA) is 44.4 Å². The zero-order valence-electron chi connectivity index (χ0n) is 14.7. The molecule has 1 fully saturated rings. The predicted octanol–water partition coefficient (Wildman–Crippen LogP) is 4.48. The van der Waals surface area contributed by atoms with Crippen LogP contribution in [0.15, 0.2) is 48.5 Å². The minimum absolute atomic E-state index is 0.289. The predicted molar refractivity (Wildman–Crippen MR) is 99.5 cm³/mol. The van der Waals surface area contributed by atoms with Gasteiger partial charge in [-0.15, -0.1) is 0 Å². The summed E-state index contributed by atoms with van der Waals surface area (Å²) in [7, 11) is 0. The zero-order chi connectivity index (χ0) is 17.9. The van der Waals surface area contributed by atoms with Gasteiger partial charge in [0.25, 0.3) is 0 Å². The Morgan fingerprint density at radius 2 is 1.60 bits per heavy atom. The van der Waals surface area contributed by atoms with Gasteiger partial charge in [0.1, 0.15) is 5.82 Å². The highest BCUT2D eigenvalue weighted by Gasteiger charge is 2.23. The van der Waals surface area contributed by atoms with Crippen molar-refractivity contribution in [3.05, 3.63) is 59.9 Å². The first kappa shape index (κ1) is 17.3. The molecule has 2 aromatic carbocycles. The van der Waals surface area contributed by atoms with E-state index in [9.17, 15) is 9.18 Å². The van der Waals surface area contributed by atoms with Gasteiger partial charge in [-0.1, -0.05) is 12.1 Å². The van der Waals surface area contributed by atoms with Crippen LogP contribution >= 0.6 is 0 Å². The molecule has 2 N–H and O–H groups in total. The Hall–Kier alpha value is -2.56. The van der Waals surface area contributed by atoms with E-state index in [0.29, 0.717) is 0 Å². The monoisotopic (exact) mass is 341 g/mol. The van der Waals surface area contributed by atoms with E-state index in [2.05, 4.69) is 15.5 Å². The molecule has 1 aliphatic rings. The highest BCUT2D eigenvalue weighted by molar-refractivity contribution is 5.90. The average molecular weight is 341 g/mol. The van der Waals surface area contributed by atoms with Gasteiger partial charge in [-0.2, -0.15) is 0 Å². The standard InChI is InChI=1S/C20H24FN3O/c1-20(2,15-5-7-16(21)8-6-15)23-19(25)22-17-9-11-18(12-10-17)24-13-3-4-14-24/h5-12H,3-4,13-14H2,1-2H3,(H2,22,23,25). The van der Waals surface area contributed by atoms with Gasteiger partial charge < -0.3 is 15.5 Å². The molecule has 2 amide bonds. The van der Waals surface area contributed by atoms with Gasteiger partial charge in [0.05, 0.1) is 5.54 Å². The number of halogens is 1. The van der Waals surface area contributed by atoms with E-state index >= 15 is 0 Å². The third-order valence-corrected chi connectivity index (χ3v) is 4.59. The number of hydrogen-bond donors (Lipinski definition) is 2. The largest absolute Gasteiger partial charge is 0.372 e. The maximum absolute atomic E-state index is 13.1. The zero-order valence-corrected chi connectivity index (χ0v) is 14.7. The number of urea groups is 1. The molecule has 132 valence electrons. The highest BCUT2D eigenvalue weighted by Crippen LogP contribution is 2.23. The van der Waals surface area contributed by atoms with Crippen LogP contribution in [0.1, 0.15) is 32.3 Å². The van der Waals surface area contributed by atoms with Crippen LogP contribution in [0.3, 0.4) is 0 Å². The Balaban J connectivity index is 1.60. The van der Waals surface area contributed by atoms with Crippen molar-refractivity contribution in [3.63, 3.8) is 0 Å². The van der Waals surface area contributed by atoms with Gasteiger partial charge in [-0.3, -0.25) is 0 Å². The summed E-state index contributed by atoms with van der Waals surface area (Å²) < 4.78 is 13.1. The van der Waals surface area contributed by atoms with Crippen LogP contribution in [0.4, 0.5) is 20.6 Å². The van der Waals surface area contributed by atoms with Gasteiger partial charge in [0.15, 0.2) is 0 Å². The van der Waals surface area contributed by atoms with E-state index in [1.165, 1.54) is 30.7 Å². The minimum Gasteiger partial charge on any atom is -0.372 e. The first-order chi connectivity index (χ1) is 11.9. The van der Waals surface area contributed by atoms with E-state index in [-0.39, 0.29) is 11.8 Å². The summed E-state index contributed by atoms with van der Waals surface area (Å²) in [6, 6.07) is 13.8. The molecule has 0 unspecified atom stereocenters. The summed E-state index contributed by atoms with van der Waals surface area (Å²) in [5.74, 6) is -0.290. The molecule has 1 aliphatic heterocycles. The summed E-state index contributed by atoms with van der Waals surface area (Å²) in [5.41, 5.74) is 2.17. The van der Waals surface area contributed by atoms with Crippen LogP contribution in [0, 0.1) is 5.82 Å². The number of carbonyl (C=O) groups excluding carboxylic acids is 1. The average Bonchev–Trinajstić information content (AvgIpc) is 3.10. The molecule has 2 aromatic rings. The summed E-state index contributed by atoms with van der Waals surface area (Å²) >= 11 is 0. The number of nitrogens with one attached hydrogen (secondary N) is 2. The number of amides is 2. The van der Waals surface area contributed by atoms with Gasteiger partial charge in [-0.05, 0) is 68.7 Å². The second-order valence-corrected chi connectivity index (χ2v) is 6.95. The summed E-state index contributed by atoms with van der Waals surface area (Å²) in [5, 5.41) is 5.78. The Labute approximate surface area is 148 Å². The lowest BCUT2D eigenvalue weighted by Crippen LogP contribution is -2.43. The van der Waals surface area contributed by atoms with E-state index < -0.39 is 5.54 Å². The summed E-state index contributed by atoms with van der Waals surface area (Å²) in [4.78, 5) is 14.7. The van der Waals surface area contributed by atoms with Crippen LogP contribution in [0.5, 0.6) is 0 Å². The molecule has 25 heavy (non-hydrogen) atoms. The third kappa shape index (κ3) is 4.29. The maximum Gasteiger partial charge on any atom is 0.319 e. The minimum atomic E-state index is -0.604. The molecule has 3 rings (SSSR count). The number of benzene rings is 2. The van der Waals surface area contributed by atoms with Crippen LogP contribution in [-0.2, 0) is 5.54 Å². The van der Waals surface area contributed by atoms with Crippen molar-refractivity contribution < 1.29 is 9.18 Å². The lowest BCUT2D eigenvalue weighted by atomic mass is 9.94. The Morgan fingerprint density at radius 1 is 1.00 bits per heavy atom. The molecule has 5 heteroatoms. The number of anilines is 2. The fourth-order valence-corrected chi connectivity index (χ4v) is 3.12. The van der Waals surface area contributed by atoms with Gasteiger partial charge in [-0.25, -0.2) is 9.18 Å².